The van der Waals surface area contributed by atoms with Gasteiger partial charge in [0.05, 0.1) is 66.1 Å². The van der Waals surface area contributed by atoms with Crippen molar-refractivity contribution in [2.75, 3.05) is 84.7 Å². The van der Waals surface area contributed by atoms with E-state index >= 15 is 0 Å². The van der Waals surface area contributed by atoms with Gasteiger partial charge in [0.1, 0.15) is 19.0 Å². The standard InChI is InChI=1S/C20H32FNO7/c1-18(23)22-19-2-4-20(5-3-19)29-17-16-28-15-14-27-13-12-26-11-10-25-9-8-24-7-6-21/h2-5H,6-17H2,1H3,(H,22,23). The van der Waals surface area contributed by atoms with E-state index in [2.05, 4.69) is 5.32 Å². The van der Waals surface area contributed by atoms with E-state index in [4.69, 9.17) is 28.4 Å². The van der Waals surface area contributed by atoms with Crippen LogP contribution < -0.4 is 10.1 Å². The lowest BCUT2D eigenvalue weighted by atomic mass is 10.3. The van der Waals surface area contributed by atoms with Crippen LogP contribution in [0.3, 0.4) is 0 Å². The molecule has 0 saturated carbocycles. The highest BCUT2D eigenvalue weighted by atomic mass is 19.1. The second kappa shape index (κ2) is 18.3. The minimum Gasteiger partial charge on any atom is -0.491 e. The van der Waals surface area contributed by atoms with Gasteiger partial charge in [-0.15, -0.1) is 0 Å². The van der Waals surface area contributed by atoms with Gasteiger partial charge in [0.25, 0.3) is 0 Å². The molecule has 0 spiro atoms. The van der Waals surface area contributed by atoms with Gasteiger partial charge < -0.3 is 33.7 Å². The van der Waals surface area contributed by atoms with Crippen LogP contribution in [0.4, 0.5) is 10.1 Å². The van der Waals surface area contributed by atoms with Crippen molar-refractivity contribution in [1.82, 2.24) is 0 Å². The third kappa shape index (κ3) is 15.8. The van der Waals surface area contributed by atoms with Crippen LogP contribution >= 0.6 is 0 Å². The van der Waals surface area contributed by atoms with Crippen LogP contribution in [0.2, 0.25) is 0 Å². The number of rotatable bonds is 19. The molecule has 9 heteroatoms. The van der Waals surface area contributed by atoms with Gasteiger partial charge in [-0.05, 0) is 24.3 Å². The van der Waals surface area contributed by atoms with E-state index < -0.39 is 6.67 Å². The molecule has 0 fully saturated rings. The van der Waals surface area contributed by atoms with Crippen molar-refractivity contribution in [2.45, 2.75) is 6.92 Å². The highest BCUT2D eigenvalue weighted by Crippen LogP contribution is 2.15. The highest BCUT2D eigenvalue weighted by molar-refractivity contribution is 5.88. The average molecular weight is 417 g/mol. The Morgan fingerprint density at radius 1 is 0.724 bits per heavy atom. The molecule has 8 nitrogen and oxygen atoms in total. The smallest absolute Gasteiger partial charge is 0.221 e. The monoisotopic (exact) mass is 417 g/mol. The molecule has 166 valence electrons. The Morgan fingerprint density at radius 2 is 1.14 bits per heavy atom. The van der Waals surface area contributed by atoms with E-state index in [0.29, 0.717) is 71.8 Å². The molecule has 0 aliphatic heterocycles. The van der Waals surface area contributed by atoms with Crippen molar-refractivity contribution in [3.8, 4) is 5.75 Å². The summed E-state index contributed by atoms with van der Waals surface area (Å²) in [6, 6.07) is 7.15. The SMILES string of the molecule is CC(=O)Nc1ccc(OCCOCCOCCOCCOCCOCCF)cc1. The van der Waals surface area contributed by atoms with E-state index in [-0.39, 0.29) is 12.5 Å². The molecule has 1 N–H and O–H groups in total. The molecule has 0 atom stereocenters. The number of alkyl halides is 1. The Morgan fingerprint density at radius 3 is 1.55 bits per heavy atom. The van der Waals surface area contributed by atoms with Crippen molar-refractivity contribution in [3.05, 3.63) is 24.3 Å². The maximum atomic E-state index is 11.8. The van der Waals surface area contributed by atoms with Gasteiger partial charge in [-0.3, -0.25) is 4.79 Å². The molecule has 0 heterocycles. The fourth-order valence-corrected chi connectivity index (χ4v) is 2.09. The molecule has 0 aliphatic rings. The van der Waals surface area contributed by atoms with Crippen molar-refractivity contribution < 1.29 is 37.6 Å². The molecular weight excluding hydrogens is 385 g/mol. The lowest BCUT2D eigenvalue weighted by molar-refractivity contribution is -0.114. The molecule has 0 unspecified atom stereocenters. The van der Waals surface area contributed by atoms with Crippen molar-refractivity contribution in [1.29, 1.82) is 0 Å². The maximum Gasteiger partial charge on any atom is 0.221 e. The summed E-state index contributed by atoms with van der Waals surface area (Å²) >= 11 is 0. The van der Waals surface area contributed by atoms with Crippen LogP contribution in [0, 0.1) is 0 Å². The summed E-state index contributed by atoms with van der Waals surface area (Å²) in [6.45, 7) is 5.70. The van der Waals surface area contributed by atoms with Crippen LogP contribution in [-0.4, -0.2) is 85.3 Å². The van der Waals surface area contributed by atoms with E-state index in [9.17, 15) is 9.18 Å². The van der Waals surface area contributed by atoms with Gasteiger partial charge in [0.2, 0.25) is 5.91 Å². The minimum absolute atomic E-state index is 0.108. The Bertz CT molecular complexity index is 516. The summed E-state index contributed by atoms with van der Waals surface area (Å²) in [4.78, 5) is 11.0. The number of ether oxygens (including phenoxy) is 6. The third-order valence-electron chi connectivity index (χ3n) is 3.38. The zero-order valence-corrected chi connectivity index (χ0v) is 17.0. The molecule has 0 saturated heterocycles. The topological polar surface area (TPSA) is 84.5 Å². The predicted octanol–water partition coefficient (Wildman–Crippen LogP) is 2.08. The summed E-state index contributed by atoms with van der Waals surface area (Å²) in [5.74, 6) is 0.607. The van der Waals surface area contributed by atoms with E-state index in [1.165, 1.54) is 6.92 Å². The molecule has 0 radical (unpaired) electrons. The number of carbonyl (C=O) groups is 1. The summed E-state index contributed by atoms with van der Waals surface area (Å²) < 4.78 is 43.7. The van der Waals surface area contributed by atoms with Crippen LogP contribution in [0.25, 0.3) is 0 Å². The average Bonchev–Trinajstić information content (AvgIpc) is 2.71. The number of benzene rings is 1. The lowest BCUT2D eigenvalue weighted by Crippen LogP contribution is -2.14. The van der Waals surface area contributed by atoms with Crippen molar-refractivity contribution in [3.63, 3.8) is 0 Å². The summed E-state index contributed by atoms with van der Waals surface area (Å²) in [5.41, 5.74) is 0.731. The maximum absolute atomic E-state index is 11.8. The predicted molar refractivity (Wildman–Crippen MR) is 106 cm³/mol. The van der Waals surface area contributed by atoms with Crippen LogP contribution in [0.1, 0.15) is 6.92 Å². The number of hydrogen-bond donors (Lipinski definition) is 1. The summed E-state index contributed by atoms with van der Waals surface area (Å²) in [7, 11) is 0. The number of anilines is 1. The van der Waals surface area contributed by atoms with Crippen LogP contribution in [-0.2, 0) is 28.5 Å². The Labute approximate surface area is 171 Å². The zero-order valence-electron chi connectivity index (χ0n) is 17.0. The molecule has 0 aromatic heterocycles. The fraction of sp³-hybridized carbons (Fsp3) is 0.650. The molecule has 0 aliphatic carbocycles. The fourth-order valence-electron chi connectivity index (χ4n) is 2.09. The minimum atomic E-state index is -0.474. The number of nitrogens with one attached hydrogen (secondary N) is 1. The van der Waals surface area contributed by atoms with E-state index in [0.717, 1.165) is 5.69 Å². The number of carbonyl (C=O) groups excluding carboxylic acids is 1. The highest BCUT2D eigenvalue weighted by Gasteiger charge is 1.98. The van der Waals surface area contributed by atoms with Crippen molar-refractivity contribution in [2.24, 2.45) is 0 Å². The van der Waals surface area contributed by atoms with Gasteiger partial charge in [0.15, 0.2) is 0 Å². The molecule has 1 aromatic rings. The van der Waals surface area contributed by atoms with E-state index in [1.54, 1.807) is 24.3 Å². The zero-order chi connectivity index (χ0) is 21.0. The Hall–Kier alpha value is -1.78. The molecular formula is C20H32FNO7. The first-order valence-corrected chi connectivity index (χ1v) is 9.67. The van der Waals surface area contributed by atoms with Crippen LogP contribution in [0.5, 0.6) is 5.75 Å². The van der Waals surface area contributed by atoms with E-state index in [1.807, 2.05) is 0 Å². The third-order valence-corrected chi connectivity index (χ3v) is 3.38. The second-order valence-corrected chi connectivity index (χ2v) is 5.80. The first kappa shape index (κ1) is 25.3. The second-order valence-electron chi connectivity index (χ2n) is 5.80. The number of hydrogen-bond acceptors (Lipinski definition) is 7. The van der Waals surface area contributed by atoms with Gasteiger partial charge in [-0.1, -0.05) is 0 Å². The lowest BCUT2D eigenvalue weighted by Gasteiger charge is -2.09. The molecule has 1 aromatic carbocycles. The van der Waals surface area contributed by atoms with Gasteiger partial charge in [0, 0.05) is 12.6 Å². The van der Waals surface area contributed by atoms with Gasteiger partial charge in [-0.2, -0.15) is 0 Å². The molecule has 1 rings (SSSR count). The quantitative estimate of drug-likeness (QED) is 0.345. The van der Waals surface area contributed by atoms with Crippen LogP contribution in [0.15, 0.2) is 24.3 Å². The molecule has 0 bridgehead atoms. The number of amides is 1. The molecule has 29 heavy (non-hydrogen) atoms. The summed E-state index contributed by atoms with van der Waals surface area (Å²) in [5, 5.41) is 2.69. The Kier molecular flexibility index (Phi) is 15.9. The van der Waals surface area contributed by atoms with Gasteiger partial charge >= 0.3 is 0 Å². The Balaban J connectivity index is 1.80. The van der Waals surface area contributed by atoms with Gasteiger partial charge in [-0.25, -0.2) is 4.39 Å². The molecule has 1 amide bonds. The first-order valence-electron chi connectivity index (χ1n) is 9.67. The largest absolute Gasteiger partial charge is 0.491 e. The normalized spacial score (nSPS) is 10.8. The van der Waals surface area contributed by atoms with Crippen molar-refractivity contribution >= 4 is 11.6 Å². The number of halogens is 1. The first-order chi connectivity index (χ1) is 14.2. The summed E-state index contributed by atoms with van der Waals surface area (Å²) in [6.07, 6.45) is 0.